The molecule has 1 unspecified atom stereocenters. The zero-order chi connectivity index (χ0) is 15.0. The average molecular weight is 346 g/mol. The highest BCUT2D eigenvalue weighted by molar-refractivity contribution is 9.10. The lowest BCUT2D eigenvalue weighted by atomic mass is 10.0. The van der Waals surface area contributed by atoms with Crippen molar-refractivity contribution in [2.45, 2.75) is 13.0 Å². The van der Waals surface area contributed by atoms with E-state index in [4.69, 9.17) is 14.9 Å². The van der Waals surface area contributed by atoms with Crippen LogP contribution in [0.15, 0.2) is 51.4 Å². The highest BCUT2D eigenvalue weighted by Crippen LogP contribution is 2.34. The minimum atomic E-state index is -0.362. The predicted molar refractivity (Wildman–Crippen MR) is 87.7 cm³/mol. The molecule has 0 amide bonds. The normalized spacial score (nSPS) is 12.6. The second-order valence-electron chi connectivity index (χ2n) is 5.03. The smallest absolute Gasteiger partial charge is 0.148 e. The van der Waals surface area contributed by atoms with E-state index in [1.165, 1.54) is 0 Å². The van der Waals surface area contributed by atoms with Crippen molar-refractivity contribution in [3.8, 4) is 5.75 Å². The maximum atomic E-state index is 6.39. The van der Waals surface area contributed by atoms with Crippen molar-refractivity contribution in [3.05, 3.63) is 63.8 Å². The minimum absolute atomic E-state index is 0.362. The maximum absolute atomic E-state index is 6.39. The van der Waals surface area contributed by atoms with Crippen molar-refractivity contribution in [2.75, 3.05) is 7.11 Å². The summed E-state index contributed by atoms with van der Waals surface area (Å²) >= 11 is 3.50. The van der Waals surface area contributed by atoms with Crippen LogP contribution in [0.2, 0.25) is 0 Å². The molecule has 1 atom stereocenters. The lowest BCUT2D eigenvalue weighted by Crippen LogP contribution is -2.12. The van der Waals surface area contributed by atoms with Crippen LogP contribution < -0.4 is 10.5 Å². The summed E-state index contributed by atoms with van der Waals surface area (Å²) in [5.41, 5.74) is 9.26. The molecule has 1 heterocycles. The number of halogens is 1. The topological polar surface area (TPSA) is 48.4 Å². The summed E-state index contributed by atoms with van der Waals surface area (Å²) in [6, 6.07) is 13.5. The molecule has 2 aromatic carbocycles. The van der Waals surface area contributed by atoms with Gasteiger partial charge in [-0.05, 0) is 41.1 Å². The fourth-order valence-corrected chi connectivity index (χ4v) is 2.91. The number of hydrogen-bond acceptors (Lipinski definition) is 3. The second kappa shape index (κ2) is 5.54. The van der Waals surface area contributed by atoms with E-state index in [-0.39, 0.29) is 6.04 Å². The number of hydrogen-bond donors (Lipinski definition) is 1. The summed E-state index contributed by atoms with van der Waals surface area (Å²) in [5.74, 6) is 1.49. The Labute approximate surface area is 131 Å². The van der Waals surface area contributed by atoms with Crippen LogP contribution in [-0.4, -0.2) is 7.11 Å². The van der Waals surface area contributed by atoms with Crippen LogP contribution in [0.1, 0.15) is 22.9 Å². The highest BCUT2D eigenvalue weighted by Gasteiger charge is 2.19. The average Bonchev–Trinajstić information content (AvgIpc) is 2.92. The summed E-state index contributed by atoms with van der Waals surface area (Å²) in [6.07, 6.45) is 0. The van der Waals surface area contributed by atoms with Crippen LogP contribution in [0.5, 0.6) is 5.75 Å². The van der Waals surface area contributed by atoms with E-state index < -0.39 is 0 Å². The second-order valence-corrected chi connectivity index (χ2v) is 5.88. The molecule has 0 aliphatic rings. The largest absolute Gasteiger partial charge is 0.496 e. The lowest BCUT2D eigenvalue weighted by Gasteiger charge is -2.14. The Morgan fingerprint density at radius 2 is 2.00 bits per heavy atom. The van der Waals surface area contributed by atoms with Crippen LogP contribution in [0.3, 0.4) is 0 Å². The van der Waals surface area contributed by atoms with Crippen molar-refractivity contribution < 1.29 is 9.15 Å². The third kappa shape index (κ3) is 2.57. The third-order valence-corrected chi connectivity index (χ3v) is 4.17. The van der Waals surface area contributed by atoms with Gasteiger partial charge in [0.1, 0.15) is 17.1 Å². The lowest BCUT2D eigenvalue weighted by molar-refractivity contribution is 0.404. The molecule has 3 aromatic rings. The Hall–Kier alpha value is -1.78. The first kappa shape index (κ1) is 14.2. The van der Waals surface area contributed by atoms with E-state index in [0.717, 1.165) is 38.1 Å². The predicted octanol–water partition coefficient (Wildman–Crippen LogP) is 4.56. The molecule has 0 saturated carbocycles. The molecular weight excluding hydrogens is 330 g/mol. The molecule has 0 spiro atoms. The molecule has 3 nitrogen and oxygen atoms in total. The molecule has 3 rings (SSSR count). The van der Waals surface area contributed by atoms with Gasteiger partial charge in [0.15, 0.2) is 0 Å². The van der Waals surface area contributed by atoms with Crippen molar-refractivity contribution in [2.24, 2.45) is 5.73 Å². The molecule has 21 heavy (non-hydrogen) atoms. The standard InChI is InChI=1S/C17H16BrNO2/c1-10-6-7-14(20-2)12(8-10)16(19)15-9-11-4-3-5-13(18)17(11)21-15/h3-9,16H,19H2,1-2H3. The quantitative estimate of drug-likeness (QED) is 0.756. The molecule has 0 fully saturated rings. The summed E-state index contributed by atoms with van der Waals surface area (Å²) in [5, 5.41) is 1.03. The number of ether oxygens (including phenoxy) is 1. The number of furan rings is 1. The molecule has 108 valence electrons. The summed E-state index contributed by atoms with van der Waals surface area (Å²) in [6.45, 7) is 2.03. The van der Waals surface area contributed by atoms with Crippen LogP contribution >= 0.6 is 15.9 Å². The maximum Gasteiger partial charge on any atom is 0.148 e. The number of para-hydroxylation sites is 1. The van der Waals surface area contributed by atoms with Gasteiger partial charge in [0.2, 0.25) is 0 Å². The van der Waals surface area contributed by atoms with Crippen LogP contribution in [0.4, 0.5) is 0 Å². The van der Waals surface area contributed by atoms with Crippen LogP contribution in [0, 0.1) is 6.92 Å². The molecule has 0 aliphatic heterocycles. The van der Waals surface area contributed by atoms with Crippen molar-refractivity contribution in [1.82, 2.24) is 0 Å². The first-order valence-electron chi connectivity index (χ1n) is 6.68. The fourth-order valence-electron chi connectivity index (χ4n) is 2.45. The zero-order valence-corrected chi connectivity index (χ0v) is 13.5. The van der Waals surface area contributed by atoms with E-state index in [1.54, 1.807) is 7.11 Å². The molecule has 0 saturated heterocycles. The van der Waals surface area contributed by atoms with Gasteiger partial charge in [0.25, 0.3) is 0 Å². The van der Waals surface area contributed by atoms with Crippen LogP contribution in [0.25, 0.3) is 11.0 Å². The fraction of sp³-hybridized carbons (Fsp3) is 0.176. The van der Waals surface area contributed by atoms with Gasteiger partial charge >= 0.3 is 0 Å². The first-order chi connectivity index (χ1) is 10.1. The van der Waals surface area contributed by atoms with Gasteiger partial charge in [0, 0.05) is 10.9 Å². The molecule has 0 aliphatic carbocycles. The monoisotopic (exact) mass is 345 g/mol. The summed E-state index contributed by atoms with van der Waals surface area (Å²) < 4.78 is 12.3. The van der Waals surface area contributed by atoms with Gasteiger partial charge in [-0.3, -0.25) is 0 Å². The van der Waals surface area contributed by atoms with E-state index in [1.807, 2.05) is 49.4 Å². The minimum Gasteiger partial charge on any atom is -0.496 e. The SMILES string of the molecule is COc1ccc(C)cc1C(N)c1cc2cccc(Br)c2o1. The molecule has 4 heteroatoms. The highest BCUT2D eigenvalue weighted by atomic mass is 79.9. The third-order valence-electron chi connectivity index (χ3n) is 3.54. The van der Waals surface area contributed by atoms with Gasteiger partial charge in [-0.1, -0.05) is 29.8 Å². The Morgan fingerprint density at radius 3 is 2.71 bits per heavy atom. The number of rotatable bonds is 3. The molecule has 2 N–H and O–H groups in total. The van der Waals surface area contributed by atoms with Crippen molar-refractivity contribution >= 4 is 26.9 Å². The molecule has 1 aromatic heterocycles. The van der Waals surface area contributed by atoms with E-state index >= 15 is 0 Å². The van der Waals surface area contributed by atoms with E-state index in [9.17, 15) is 0 Å². The number of fused-ring (bicyclic) bond motifs is 1. The Kier molecular flexibility index (Phi) is 3.74. The van der Waals surface area contributed by atoms with Gasteiger partial charge in [-0.15, -0.1) is 0 Å². The Morgan fingerprint density at radius 1 is 1.19 bits per heavy atom. The molecule has 0 bridgehead atoms. The summed E-state index contributed by atoms with van der Waals surface area (Å²) in [4.78, 5) is 0. The van der Waals surface area contributed by atoms with Gasteiger partial charge in [0.05, 0.1) is 17.6 Å². The first-order valence-corrected chi connectivity index (χ1v) is 7.47. The van der Waals surface area contributed by atoms with Gasteiger partial charge in [-0.25, -0.2) is 0 Å². The van der Waals surface area contributed by atoms with E-state index in [0.29, 0.717) is 0 Å². The number of methoxy groups -OCH3 is 1. The summed E-state index contributed by atoms with van der Waals surface area (Å²) in [7, 11) is 1.65. The Balaban J connectivity index is 2.10. The molecular formula is C17H16BrNO2. The zero-order valence-electron chi connectivity index (χ0n) is 11.9. The number of aryl methyl sites for hydroxylation is 1. The van der Waals surface area contributed by atoms with Gasteiger partial charge in [-0.2, -0.15) is 0 Å². The van der Waals surface area contributed by atoms with Gasteiger partial charge < -0.3 is 14.9 Å². The molecule has 0 radical (unpaired) electrons. The number of benzene rings is 2. The Bertz CT molecular complexity index is 795. The van der Waals surface area contributed by atoms with E-state index in [2.05, 4.69) is 15.9 Å². The van der Waals surface area contributed by atoms with Crippen molar-refractivity contribution in [3.63, 3.8) is 0 Å². The number of nitrogens with two attached hydrogens (primary N) is 1. The van der Waals surface area contributed by atoms with Crippen molar-refractivity contribution in [1.29, 1.82) is 0 Å². The van der Waals surface area contributed by atoms with Crippen LogP contribution in [-0.2, 0) is 0 Å².